The molecule has 1 N–H and O–H groups in total. The normalized spacial score (nSPS) is 12.9. The number of hydrogen-bond donors (Lipinski definition) is 1. The number of carbonyl (C=O) groups excluding carboxylic acids is 2. The molecular formula is C14H23NO4. The zero-order chi connectivity index (χ0) is 15.1. The van der Waals surface area contributed by atoms with Crippen molar-refractivity contribution in [3.8, 4) is 0 Å². The Morgan fingerprint density at radius 3 is 2.37 bits per heavy atom. The molecule has 1 atom stereocenters. The van der Waals surface area contributed by atoms with Gasteiger partial charge in [0.15, 0.2) is 0 Å². The molecule has 0 rings (SSSR count). The molecule has 0 aromatic heterocycles. The molecule has 5 heteroatoms. The van der Waals surface area contributed by atoms with E-state index >= 15 is 0 Å². The quantitative estimate of drug-likeness (QED) is 0.615. The Labute approximate surface area is 114 Å². The molecule has 0 saturated carbocycles. The summed E-state index contributed by atoms with van der Waals surface area (Å²) in [5, 5.41) is 2.48. The van der Waals surface area contributed by atoms with E-state index in [0.29, 0.717) is 6.42 Å². The maximum atomic E-state index is 11.6. The number of hydrogen-bond acceptors (Lipinski definition) is 4. The molecule has 1 amide bonds. The van der Waals surface area contributed by atoms with E-state index in [2.05, 4.69) is 16.6 Å². The average molecular weight is 269 g/mol. The molecule has 0 aliphatic rings. The maximum absolute atomic E-state index is 11.6. The molecule has 0 unspecified atom stereocenters. The third-order valence-corrected chi connectivity index (χ3v) is 1.95. The van der Waals surface area contributed by atoms with Crippen molar-refractivity contribution >= 4 is 12.1 Å². The Kier molecular flexibility index (Phi) is 6.90. The first-order chi connectivity index (χ1) is 8.65. The second-order valence-electron chi connectivity index (χ2n) is 5.21. The summed E-state index contributed by atoms with van der Waals surface area (Å²) in [6, 6.07) is -0.768. The fraction of sp³-hybridized carbons (Fsp3) is 0.571. The average Bonchev–Trinajstić information content (AvgIpc) is 2.23. The zero-order valence-electron chi connectivity index (χ0n) is 12.3. The number of allylic oxidation sites excluding steroid dienone is 2. The van der Waals surface area contributed by atoms with E-state index in [-0.39, 0.29) is 0 Å². The summed E-state index contributed by atoms with van der Waals surface area (Å²) in [5.41, 5.74) is 0.249. The second-order valence-corrected chi connectivity index (χ2v) is 5.21. The molecule has 0 heterocycles. The fourth-order valence-electron chi connectivity index (χ4n) is 1.21. The molecule has 0 aliphatic heterocycles. The van der Waals surface area contributed by atoms with Crippen molar-refractivity contribution in [3.05, 3.63) is 24.3 Å². The Morgan fingerprint density at radius 2 is 1.95 bits per heavy atom. The van der Waals surface area contributed by atoms with Crippen LogP contribution in [-0.4, -0.2) is 30.8 Å². The minimum absolute atomic E-state index is 0.318. The van der Waals surface area contributed by atoms with E-state index in [1.807, 2.05) is 6.92 Å². The van der Waals surface area contributed by atoms with Gasteiger partial charge in [-0.2, -0.15) is 0 Å². The maximum Gasteiger partial charge on any atom is 0.408 e. The number of carbonyl (C=O) groups is 2. The lowest BCUT2D eigenvalue weighted by Gasteiger charge is -2.22. The number of rotatable bonds is 5. The molecule has 19 heavy (non-hydrogen) atoms. The molecule has 0 aromatic rings. The third kappa shape index (κ3) is 8.88. The first-order valence-corrected chi connectivity index (χ1v) is 6.05. The van der Waals surface area contributed by atoms with Crippen molar-refractivity contribution < 1.29 is 19.1 Å². The molecule has 0 spiro atoms. The van der Waals surface area contributed by atoms with Gasteiger partial charge in [0.2, 0.25) is 0 Å². The predicted molar refractivity (Wildman–Crippen MR) is 73.7 cm³/mol. The largest absolute Gasteiger partial charge is 0.467 e. The van der Waals surface area contributed by atoms with Crippen LogP contribution in [0.2, 0.25) is 0 Å². The molecular weight excluding hydrogens is 246 g/mol. The lowest BCUT2D eigenvalue weighted by atomic mass is 10.1. The number of esters is 1. The van der Waals surface area contributed by atoms with Crippen LogP contribution >= 0.6 is 0 Å². The summed E-state index contributed by atoms with van der Waals surface area (Å²) in [6.07, 6.45) is 3.19. The molecule has 0 saturated heterocycles. The number of ether oxygens (including phenoxy) is 2. The molecule has 0 bridgehead atoms. The summed E-state index contributed by atoms with van der Waals surface area (Å²) >= 11 is 0. The van der Waals surface area contributed by atoms with Gasteiger partial charge in [0.25, 0.3) is 0 Å². The van der Waals surface area contributed by atoms with Gasteiger partial charge in [-0.1, -0.05) is 24.3 Å². The van der Waals surface area contributed by atoms with Gasteiger partial charge in [0.1, 0.15) is 11.6 Å². The lowest BCUT2D eigenvalue weighted by Crippen LogP contribution is -2.43. The summed E-state index contributed by atoms with van der Waals surface area (Å²) < 4.78 is 9.73. The number of amides is 1. The third-order valence-electron chi connectivity index (χ3n) is 1.95. The standard InChI is InChI=1S/C14H23NO4/c1-10(2)8-7-9-11(12(16)18-6)15-13(17)19-14(3,4)5/h7-8,11H,1,9H2,2-6H3,(H,15,17)/b8-7+/t11-/m0/s1. The summed E-state index contributed by atoms with van der Waals surface area (Å²) in [6.45, 7) is 10.8. The Hall–Kier alpha value is -1.78. The van der Waals surface area contributed by atoms with E-state index in [4.69, 9.17) is 4.74 Å². The van der Waals surface area contributed by atoms with Crippen LogP contribution in [0.5, 0.6) is 0 Å². The van der Waals surface area contributed by atoms with Gasteiger partial charge in [-0.05, 0) is 34.1 Å². The molecule has 108 valence electrons. The number of alkyl carbamates (subject to hydrolysis) is 1. The summed E-state index contributed by atoms with van der Waals surface area (Å²) in [7, 11) is 1.27. The van der Waals surface area contributed by atoms with Gasteiger partial charge in [0.05, 0.1) is 7.11 Å². The highest BCUT2D eigenvalue weighted by atomic mass is 16.6. The van der Waals surface area contributed by atoms with Crippen molar-refractivity contribution in [1.82, 2.24) is 5.32 Å². The van der Waals surface area contributed by atoms with Crippen molar-refractivity contribution in [2.75, 3.05) is 7.11 Å². The van der Waals surface area contributed by atoms with E-state index < -0.39 is 23.7 Å². The topological polar surface area (TPSA) is 64.6 Å². The summed E-state index contributed by atoms with van der Waals surface area (Å²) in [4.78, 5) is 23.1. The van der Waals surface area contributed by atoms with Crippen LogP contribution in [0.1, 0.15) is 34.1 Å². The van der Waals surface area contributed by atoms with Crippen molar-refractivity contribution in [1.29, 1.82) is 0 Å². The lowest BCUT2D eigenvalue weighted by molar-refractivity contribution is -0.143. The van der Waals surface area contributed by atoms with Crippen molar-refractivity contribution in [3.63, 3.8) is 0 Å². The van der Waals surface area contributed by atoms with Gasteiger partial charge in [-0.15, -0.1) is 0 Å². The molecule has 0 radical (unpaired) electrons. The van der Waals surface area contributed by atoms with Crippen LogP contribution in [0.4, 0.5) is 4.79 Å². The molecule has 5 nitrogen and oxygen atoms in total. The predicted octanol–water partition coefficient (Wildman–Crippen LogP) is 2.58. The van der Waals surface area contributed by atoms with Gasteiger partial charge in [-0.3, -0.25) is 0 Å². The van der Waals surface area contributed by atoms with Crippen LogP contribution in [0.15, 0.2) is 24.3 Å². The highest BCUT2D eigenvalue weighted by Crippen LogP contribution is 2.08. The zero-order valence-corrected chi connectivity index (χ0v) is 12.3. The van der Waals surface area contributed by atoms with Crippen LogP contribution < -0.4 is 5.32 Å². The van der Waals surface area contributed by atoms with Crippen LogP contribution in [0.25, 0.3) is 0 Å². The SMILES string of the molecule is C=C(C)/C=C/C[C@H](NC(=O)OC(C)(C)C)C(=O)OC. The van der Waals surface area contributed by atoms with Crippen LogP contribution in [0, 0.1) is 0 Å². The molecule has 0 aromatic carbocycles. The Bertz CT molecular complexity index is 366. The molecule has 0 aliphatic carbocycles. The van der Waals surface area contributed by atoms with Gasteiger partial charge < -0.3 is 14.8 Å². The van der Waals surface area contributed by atoms with Crippen molar-refractivity contribution in [2.45, 2.75) is 45.8 Å². The van der Waals surface area contributed by atoms with Gasteiger partial charge in [0, 0.05) is 0 Å². The Balaban J connectivity index is 4.56. The van der Waals surface area contributed by atoms with Crippen molar-refractivity contribution in [2.24, 2.45) is 0 Å². The van der Waals surface area contributed by atoms with E-state index in [0.717, 1.165) is 5.57 Å². The smallest absolute Gasteiger partial charge is 0.408 e. The number of methoxy groups -OCH3 is 1. The van der Waals surface area contributed by atoms with E-state index in [1.54, 1.807) is 32.9 Å². The Morgan fingerprint density at radius 1 is 1.37 bits per heavy atom. The first-order valence-electron chi connectivity index (χ1n) is 6.05. The van der Waals surface area contributed by atoms with E-state index in [1.165, 1.54) is 7.11 Å². The second kappa shape index (κ2) is 7.61. The highest BCUT2D eigenvalue weighted by molar-refractivity contribution is 5.81. The van der Waals surface area contributed by atoms with Crippen LogP contribution in [0.3, 0.4) is 0 Å². The highest BCUT2D eigenvalue weighted by Gasteiger charge is 2.23. The van der Waals surface area contributed by atoms with Crippen LogP contribution in [-0.2, 0) is 14.3 Å². The number of nitrogens with one attached hydrogen (secondary N) is 1. The fourth-order valence-corrected chi connectivity index (χ4v) is 1.21. The monoisotopic (exact) mass is 269 g/mol. The minimum Gasteiger partial charge on any atom is -0.467 e. The van der Waals surface area contributed by atoms with Gasteiger partial charge >= 0.3 is 12.1 Å². The summed E-state index contributed by atoms with van der Waals surface area (Å²) in [5.74, 6) is -0.516. The minimum atomic E-state index is -0.768. The van der Waals surface area contributed by atoms with E-state index in [9.17, 15) is 9.59 Å². The van der Waals surface area contributed by atoms with Gasteiger partial charge in [-0.25, -0.2) is 9.59 Å². The molecule has 0 fully saturated rings. The first kappa shape index (κ1) is 17.2.